The molecule has 0 spiro atoms. The number of sulfone groups is 1. The van der Waals surface area contributed by atoms with Crippen LogP contribution in [-0.4, -0.2) is 74.2 Å². The zero-order chi connectivity index (χ0) is 21.9. The molecule has 30 heavy (non-hydrogen) atoms. The fourth-order valence-corrected chi connectivity index (χ4v) is 5.38. The van der Waals surface area contributed by atoms with Gasteiger partial charge in [0.2, 0.25) is 5.91 Å². The summed E-state index contributed by atoms with van der Waals surface area (Å²) in [4.78, 5) is 27.0. The molecule has 1 atom stereocenters. The van der Waals surface area contributed by atoms with Crippen LogP contribution >= 0.6 is 0 Å². The van der Waals surface area contributed by atoms with E-state index in [1.807, 2.05) is 19.1 Å². The van der Waals surface area contributed by atoms with E-state index in [2.05, 4.69) is 5.10 Å². The first-order valence-corrected chi connectivity index (χ1v) is 11.7. The van der Waals surface area contributed by atoms with Gasteiger partial charge in [-0.3, -0.25) is 9.59 Å². The molecule has 2 aliphatic heterocycles. The van der Waals surface area contributed by atoms with Gasteiger partial charge in [-0.1, -0.05) is 6.07 Å². The molecule has 1 aromatic rings. The summed E-state index contributed by atoms with van der Waals surface area (Å²) in [6.07, 6.45) is 0.743. The monoisotopic (exact) mass is 437 g/mol. The molecule has 9 nitrogen and oxygen atoms in total. The number of ether oxygens (including phenoxy) is 2. The number of hydrazone groups is 1. The second-order valence-corrected chi connectivity index (χ2v) is 9.58. The van der Waals surface area contributed by atoms with Crippen molar-refractivity contribution in [1.82, 2.24) is 9.91 Å². The van der Waals surface area contributed by atoms with Gasteiger partial charge in [-0.2, -0.15) is 5.10 Å². The smallest absolute Gasteiger partial charge is 0.270 e. The fraction of sp³-hybridized carbons (Fsp3) is 0.550. The molecule has 0 radical (unpaired) electrons. The Morgan fingerprint density at radius 2 is 1.97 bits per heavy atom. The minimum Gasteiger partial charge on any atom is -0.493 e. The van der Waals surface area contributed by atoms with E-state index >= 15 is 0 Å². The lowest BCUT2D eigenvalue weighted by molar-refractivity contribution is -0.134. The van der Waals surface area contributed by atoms with Crippen LogP contribution in [0.3, 0.4) is 0 Å². The van der Waals surface area contributed by atoms with Crippen LogP contribution < -0.4 is 9.47 Å². The SMILES string of the molecule is CCN(Cc1ccc(OC)c(OC)c1)C(=O)C1=NN(C2CCS(=O)(=O)C2)C(=O)CC1. The van der Waals surface area contributed by atoms with Crippen molar-refractivity contribution in [3.8, 4) is 11.5 Å². The van der Waals surface area contributed by atoms with E-state index in [4.69, 9.17) is 9.47 Å². The number of rotatable bonds is 7. The lowest BCUT2D eigenvalue weighted by Crippen LogP contribution is -2.44. The molecule has 0 aromatic heterocycles. The number of hydrogen-bond acceptors (Lipinski definition) is 7. The van der Waals surface area contributed by atoms with Gasteiger partial charge < -0.3 is 14.4 Å². The third-order valence-electron chi connectivity index (χ3n) is 5.35. The first-order valence-electron chi connectivity index (χ1n) is 9.88. The fourth-order valence-electron chi connectivity index (χ4n) is 3.69. The van der Waals surface area contributed by atoms with E-state index in [9.17, 15) is 18.0 Å². The molecule has 1 unspecified atom stereocenters. The molecular weight excluding hydrogens is 410 g/mol. The molecule has 2 amide bonds. The van der Waals surface area contributed by atoms with Gasteiger partial charge in [0.1, 0.15) is 5.71 Å². The first kappa shape index (κ1) is 22.1. The highest BCUT2D eigenvalue weighted by Gasteiger charge is 2.37. The van der Waals surface area contributed by atoms with Crippen LogP contribution in [0.15, 0.2) is 23.3 Å². The van der Waals surface area contributed by atoms with Crippen LogP contribution in [0.5, 0.6) is 11.5 Å². The topological polar surface area (TPSA) is 106 Å². The molecule has 0 N–H and O–H groups in total. The Morgan fingerprint density at radius 3 is 2.57 bits per heavy atom. The van der Waals surface area contributed by atoms with Crippen molar-refractivity contribution in [3.63, 3.8) is 0 Å². The largest absolute Gasteiger partial charge is 0.493 e. The third-order valence-corrected chi connectivity index (χ3v) is 7.10. The van der Waals surface area contributed by atoms with Gasteiger partial charge in [-0.15, -0.1) is 0 Å². The molecule has 2 heterocycles. The number of nitrogens with zero attached hydrogens (tertiary/aromatic N) is 3. The minimum atomic E-state index is -3.16. The van der Waals surface area contributed by atoms with Crippen LogP contribution in [-0.2, 0) is 26.0 Å². The van der Waals surface area contributed by atoms with E-state index < -0.39 is 15.9 Å². The molecule has 0 aliphatic carbocycles. The van der Waals surface area contributed by atoms with Crippen LogP contribution in [0.25, 0.3) is 0 Å². The summed E-state index contributed by atoms with van der Waals surface area (Å²) >= 11 is 0. The molecule has 1 fully saturated rings. The predicted octanol–water partition coefficient (Wildman–Crippen LogP) is 1.22. The van der Waals surface area contributed by atoms with Crippen LogP contribution in [0.4, 0.5) is 0 Å². The average molecular weight is 438 g/mol. The van der Waals surface area contributed by atoms with E-state index in [-0.39, 0.29) is 41.9 Å². The third kappa shape index (κ3) is 4.75. The van der Waals surface area contributed by atoms with E-state index in [1.165, 1.54) is 5.01 Å². The Bertz CT molecular complexity index is 959. The number of carbonyl (C=O) groups excluding carboxylic acids is 2. The molecule has 3 rings (SSSR count). The second-order valence-electron chi connectivity index (χ2n) is 7.35. The van der Waals surface area contributed by atoms with Crippen LogP contribution in [0.1, 0.15) is 31.7 Å². The predicted molar refractivity (Wildman–Crippen MR) is 111 cm³/mol. The second kappa shape index (κ2) is 9.03. The van der Waals surface area contributed by atoms with E-state index in [0.717, 1.165) is 5.56 Å². The van der Waals surface area contributed by atoms with Gasteiger partial charge in [-0.05, 0) is 31.0 Å². The first-order chi connectivity index (χ1) is 14.3. The van der Waals surface area contributed by atoms with Crippen LogP contribution in [0, 0.1) is 0 Å². The Hall–Kier alpha value is -2.62. The highest BCUT2D eigenvalue weighted by molar-refractivity contribution is 7.91. The molecule has 164 valence electrons. The van der Waals surface area contributed by atoms with Gasteiger partial charge in [0, 0.05) is 25.9 Å². The van der Waals surface area contributed by atoms with Gasteiger partial charge in [0.05, 0.1) is 31.8 Å². The lowest BCUT2D eigenvalue weighted by Gasteiger charge is -2.29. The van der Waals surface area contributed by atoms with Crippen molar-refractivity contribution in [1.29, 1.82) is 0 Å². The summed E-state index contributed by atoms with van der Waals surface area (Å²) in [6, 6.07) is 4.97. The molecule has 1 aromatic carbocycles. The zero-order valence-electron chi connectivity index (χ0n) is 17.5. The van der Waals surface area contributed by atoms with Gasteiger partial charge in [0.25, 0.3) is 5.91 Å². The van der Waals surface area contributed by atoms with Crippen molar-refractivity contribution >= 4 is 27.4 Å². The Kier molecular flexibility index (Phi) is 6.64. The standard InChI is InChI=1S/C20H27N3O6S/c1-4-22(12-14-5-7-17(28-2)18(11-14)29-3)20(25)16-6-8-19(24)23(21-16)15-9-10-30(26,27)13-15/h5,7,11,15H,4,6,8-10,12-13H2,1-3H3. The summed E-state index contributed by atoms with van der Waals surface area (Å²) in [6.45, 7) is 2.67. The van der Waals surface area contributed by atoms with Crippen molar-refractivity contribution in [2.75, 3.05) is 32.3 Å². The summed E-state index contributed by atoms with van der Waals surface area (Å²) in [5.41, 5.74) is 1.15. The summed E-state index contributed by atoms with van der Waals surface area (Å²) in [7, 11) is -0.0503. The van der Waals surface area contributed by atoms with E-state index in [1.54, 1.807) is 25.2 Å². The highest BCUT2D eigenvalue weighted by Crippen LogP contribution is 2.28. The van der Waals surface area contributed by atoms with Crippen molar-refractivity contribution in [2.24, 2.45) is 5.10 Å². The molecular formula is C20H27N3O6S. The van der Waals surface area contributed by atoms with Crippen molar-refractivity contribution in [2.45, 2.75) is 38.8 Å². The number of methoxy groups -OCH3 is 2. The van der Waals surface area contributed by atoms with E-state index in [0.29, 0.717) is 31.0 Å². The Labute approximate surface area is 176 Å². The maximum Gasteiger partial charge on any atom is 0.270 e. The number of amides is 2. The Morgan fingerprint density at radius 1 is 1.23 bits per heavy atom. The Balaban J connectivity index is 1.77. The lowest BCUT2D eigenvalue weighted by atomic mass is 10.1. The van der Waals surface area contributed by atoms with Gasteiger partial charge in [-0.25, -0.2) is 13.4 Å². The highest BCUT2D eigenvalue weighted by atomic mass is 32.2. The number of carbonyl (C=O) groups is 2. The maximum atomic E-state index is 13.1. The minimum absolute atomic E-state index is 0.0423. The summed E-state index contributed by atoms with van der Waals surface area (Å²) in [5.74, 6) is 0.621. The van der Waals surface area contributed by atoms with Crippen LogP contribution in [0.2, 0.25) is 0 Å². The van der Waals surface area contributed by atoms with Gasteiger partial charge in [0.15, 0.2) is 21.3 Å². The molecule has 1 saturated heterocycles. The normalized spacial score (nSPS) is 20.6. The average Bonchev–Trinajstić information content (AvgIpc) is 3.11. The maximum absolute atomic E-state index is 13.1. The van der Waals surface area contributed by atoms with Crippen molar-refractivity contribution in [3.05, 3.63) is 23.8 Å². The summed E-state index contributed by atoms with van der Waals surface area (Å²) in [5, 5.41) is 5.50. The summed E-state index contributed by atoms with van der Waals surface area (Å²) < 4.78 is 34.1. The zero-order valence-corrected chi connectivity index (χ0v) is 18.3. The van der Waals surface area contributed by atoms with Gasteiger partial charge >= 0.3 is 0 Å². The molecule has 2 aliphatic rings. The number of hydrogen-bond donors (Lipinski definition) is 0. The quantitative estimate of drug-likeness (QED) is 0.635. The molecule has 0 saturated carbocycles. The van der Waals surface area contributed by atoms with Crippen molar-refractivity contribution < 1.29 is 27.5 Å². The molecule has 0 bridgehead atoms. The number of benzene rings is 1. The molecule has 10 heteroatoms.